The highest BCUT2D eigenvalue weighted by molar-refractivity contribution is 5.67. The number of likely N-dealkylation sites (tertiary alicyclic amines) is 1. The van der Waals surface area contributed by atoms with Gasteiger partial charge in [-0.2, -0.15) is 9.61 Å². The van der Waals surface area contributed by atoms with Gasteiger partial charge in [0.25, 0.3) is 0 Å². The number of nitrogens with zero attached hydrogens (tertiary/aromatic N) is 5. The number of rotatable bonds is 4. The van der Waals surface area contributed by atoms with Crippen LogP contribution in [0.4, 0.5) is 5.69 Å². The monoisotopic (exact) mass is 314 g/mol. The zero-order chi connectivity index (χ0) is 15.6. The maximum Gasteiger partial charge on any atom is 0.200 e. The zero-order valence-electron chi connectivity index (χ0n) is 13.9. The zero-order valence-corrected chi connectivity index (χ0v) is 13.9. The molecule has 1 saturated heterocycles. The van der Waals surface area contributed by atoms with Crippen molar-refractivity contribution in [3.05, 3.63) is 18.1 Å². The lowest BCUT2D eigenvalue weighted by atomic mass is 10.0. The van der Waals surface area contributed by atoms with Gasteiger partial charge in [-0.15, -0.1) is 10.2 Å². The Balaban J connectivity index is 1.43. The van der Waals surface area contributed by atoms with Crippen LogP contribution in [0.1, 0.15) is 51.1 Å². The van der Waals surface area contributed by atoms with Gasteiger partial charge in [-0.3, -0.25) is 0 Å². The minimum atomic E-state index is 0.528. The summed E-state index contributed by atoms with van der Waals surface area (Å²) < 4.78 is 1.79. The van der Waals surface area contributed by atoms with Gasteiger partial charge in [-0.25, -0.2) is 0 Å². The summed E-state index contributed by atoms with van der Waals surface area (Å²) in [6.45, 7) is 4.57. The highest BCUT2D eigenvalue weighted by atomic mass is 15.3. The van der Waals surface area contributed by atoms with E-state index >= 15 is 0 Å². The molecular weight excluding hydrogens is 288 g/mol. The first kappa shape index (κ1) is 14.9. The molecule has 1 saturated carbocycles. The molecule has 0 spiro atoms. The second-order valence-electron chi connectivity index (χ2n) is 6.89. The number of fused-ring (bicyclic) bond motifs is 1. The molecule has 4 rings (SSSR count). The van der Waals surface area contributed by atoms with E-state index in [0.717, 1.165) is 29.5 Å². The Morgan fingerprint density at radius 1 is 1.17 bits per heavy atom. The number of anilines is 1. The van der Waals surface area contributed by atoms with E-state index in [1.807, 2.05) is 0 Å². The summed E-state index contributed by atoms with van der Waals surface area (Å²) >= 11 is 0. The molecule has 1 aliphatic carbocycles. The molecule has 0 unspecified atom stereocenters. The molecule has 1 N–H and O–H groups in total. The van der Waals surface area contributed by atoms with E-state index < -0.39 is 0 Å². The summed E-state index contributed by atoms with van der Waals surface area (Å²) in [7, 11) is 0. The van der Waals surface area contributed by atoms with Gasteiger partial charge in [0, 0.05) is 25.2 Å². The van der Waals surface area contributed by atoms with Crippen LogP contribution in [0.2, 0.25) is 0 Å². The summed E-state index contributed by atoms with van der Waals surface area (Å²) in [6.07, 6.45) is 10.7. The van der Waals surface area contributed by atoms with Gasteiger partial charge >= 0.3 is 0 Å². The number of hydrogen-bond acceptors (Lipinski definition) is 5. The average Bonchev–Trinajstić information content (AvgIpc) is 3.27. The molecular formula is C17H26N6. The quantitative estimate of drug-likeness (QED) is 0.939. The van der Waals surface area contributed by atoms with E-state index in [1.54, 1.807) is 10.8 Å². The fourth-order valence-corrected chi connectivity index (χ4v) is 4.06. The highest BCUT2D eigenvalue weighted by Crippen LogP contribution is 2.27. The molecule has 6 nitrogen and oxygen atoms in total. The first-order valence-electron chi connectivity index (χ1n) is 9.04. The highest BCUT2D eigenvalue weighted by Gasteiger charge is 2.27. The van der Waals surface area contributed by atoms with Crippen LogP contribution in [0.3, 0.4) is 0 Å². The normalized spacial score (nSPS) is 21.3. The molecule has 6 heteroatoms. The molecule has 0 amide bonds. The van der Waals surface area contributed by atoms with Crippen molar-refractivity contribution in [1.29, 1.82) is 0 Å². The number of aryl methyl sites for hydroxylation is 1. The van der Waals surface area contributed by atoms with Crippen molar-refractivity contribution in [3.8, 4) is 0 Å². The average molecular weight is 314 g/mol. The van der Waals surface area contributed by atoms with Gasteiger partial charge in [-0.1, -0.05) is 19.8 Å². The van der Waals surface area contributed by atoms with Crippen LogP contribution < -0.4 is 5.32 Å². The van der Waals surface area contributed by atoms with Gasteiger partial charge in [0.15, 0.2) is 0 Å². The molecule has 0 aromatic carbocycles. The summed E-state index contributed by atoms with van der Waals surface area (Å²) in [6, 6.07) is 3.51. The topological polar surface area (TPSA) is 58.3 Å². The molecule has 1 aliphatic heterocycles. The third-order valence-electron chi connectivity index (χ3n) is 5.41. The Hall–Kier alpha value is -1.69. The van der Waals surface area contributed by atoms with Gasteiger partial charge in [-0.05, 0) is 38.2 Å². The van der Waals surface area contributed by atoms with Gasteiger partial charge in [0.2, 0.25) is 5.65 Å². The van der Waals surface area contributed by atoms with Crippen molar-refractivity contribution in [2.75, 3.05) is 18.4 Å². The summed E-state index contributed by atoms with van der Waals surface area (Å²) in [5, 5.41) is 16.4. The van der Waals surface area contributed by atoms with Gasteiger partial charge in [0.05, 0.1) is 11.4 Å². The first-order chi connectivity index (χ1) is 11.3. The Kier molecular flexibility index (Phi) is 4.16. The van der Waals surface area contributed by atoms with Crippen LogP contribution in [0, 0.1) is 0 Å². The number of piperidine rings is 1. The molecule has 0 bridgehead atoms. The molecule has 2 fully saturated rings. The van der Waals surface area contributed by atoms with Crippen LogP contribution in [-0.4, -0.2) is 49.9 Å². The molecule has 2 aliphatic rings. The third kappa shape index (κ3) is 3.04. The molecule has 2 aromatic rings. The molecule has 2 aromatic heterocycles. The molecule has 0 atom stereocenters. The van der Waals surface area contributed by atoms with Gasteiger partial charge in [0.1, 0.15) is 6.33 Å². The minimum absolute atomic E-state index is 0.528. The van der Waals surface area contributed by atoms with Crippen molar-refractivity contribution in [1.82, 2.24) is 24.7 Å². The lowest BCUT2D eigenvalue weighted by Gasteiger charge is -2.36. The van der Waals surface area contributed by atoms with E-state index in [0.29, 0.717) is 6.04 Å². The summed E-state index contributed by atoms with van der Waals surface area (Å²) in [5.41, 5.74) is 2.98. The number of hydrogen-bond donors (Lipinski definition) is 1. The van der Waals surface area contributed by atoms with Crippen molar-refractivity contribution in [2.24, 2.45) is 0 Å². The molecule has 124 valence electrons. The van der Waals surface area contributed by atoms with Crippen molar-refractivity contribution >= 4 is 11.3 Å². The largest absolute Gasteiger partial charge is 0.379 e. The van der Waals surface area contributed by atoms with E-state index in [9.17, 15) is 0 Å². The van der Waals surface area contributed by atoms with Crippen molar-refractivity contribution in [2.45, 2.75) is 64.0 Å². The smallest absolute Gasteiger partial charge is 0.200 e. The maximum absolute atomic E-state index is 4.52. The fourth-order valence-electron chi connectivity index (χ4n) is 4.06. The predicted molar refractivity (Wildman–Crippen MR) is 90.6 cm³/mol. The number of aromatic nitrogens is 4. The van der Waals surface area contributed by atoms with Crippen molar-refractivity contribution < 1.29 is 0 Å². The second-order valence-corrected chi connectivity index (χ2v) is 6.89. The van der Waals surface area contributed by atoms with E-state index in [4.69, 9.17) is 0 Å². The Labute approximate surface area is 137 Å². The lowest BCUT2D eigenvalue weighted by molar-refractivity contribution is 0.159. The van der Waals surface area contributed by atoms with Crippen molar-refractivity contribution in [3.63, 3.8) is 0 Å². The van der Waals surface area contributed by atoms with E-state index in [1.165, 1.54) is 51.6 Å². The molecule has 0 radical (unpaired) electrons. The minimum Gasteiger partial charge on any atom is -0.379 e. The Morgan fingerprint density at radius 3 is 2.70 bits per heavy atom. The molecule has 3 heterocycles. The molecule has 23 heavy (non-hydrogen) atoms. The van der Waals surface area contributed by atoms with E-state index in [2.05, 4.69) is 38.5 Å². The Morgan fingerprint density at radius 2 is 1.96 bits per heavy atom. The predicted octanol–water partition coefficient (Wildman–Crippen LogP) is 2.51. The summed E-state index contributed by atoms with van der Waals surface area (Å²) in [5.74, 6) is 0. The second kappa shape index (κ2) is 6.43. The number of nitrogens with one attached hydrogen (secondary N) is 1. The summed E-state index contributed by atoms with van der Waals surface area (Å²) in [4.78, 5) is 2.71. The standard InChI is InChI=1S/C17H26N6/c1-2-13-11-16(17-20-18-12-23(17)21-13)19-14-7-9-22(10-8-14)15-5-3-4-6-15/h11-12,14-15,19H,2-10H2,1H3. The van der Waals surface area contributed by atoms with Crippen LogP contribution in [0.25, 0.3) is 5.65 Å². The Bertz CT molecular complexity index is 652. The third-order valence-corrected chi connectivity index (χ3v) is 5.41. The van der Waals surface area contributed by atoms with Crippen LogP contribution in [-0.2, 0) is 6.42 Å². The van der Waals surface area contributed by atoms with Crippen LogP contribution >= 0.6 is 0 Å². The van der Waals surface area contributed by atoms with Crippen LogP contribution in [0.5, 0.6) is 0 Å². The first-order valence-corrected chi connectivity index (χ1v) is 9.04. The van der Waals surface area contributed by atoms with E-state index in [-0.39, 0.29) is 0 Å². The SMILES string of the molecule is CCc1cc(NC2CCN(C3CCCC3)CC2)c2nncn2n1. The van der Waals surface area contributed by atoms with Gasteiger partial charge < -0.3 is 10.2 Å². The maximum atomic E-state index is 4.52. The lowest BCUT2D eigenvalue weighted by Crippen LogP contribution is -2.43. The fraction of sp³-hybridized carbons (Fsp3) is 0.706. The van der Waals surface area contributed by atoms with Crippen LogP contribution in [0.15, 0.2) is 12.4 Å².